The average Bonchev–Trinajstić information content (AvgIpc) is 2.81. The summed E-state index contributed by atoms with van der Waals surface area (Å²) < 4.78 is 10.8. The lowest BCUT2D eigenvalue weighted by atomic mass is 9.89. The molecule has 0 aliphatic rings. The van der Waals surface area contributed by atoms with Gasteiger partial charge in [-0.1, -0.05) is 19.8 Å². The van der Waals surface area contributed by atoms with Crippen LogP contribution in [-0.4, -0.2) is 45.9 Å². The van der Waals surface area contributed by atoms with E-state index in [1.165, 1.54) is 0 Å². The summed E-state index contributed by atoms with van der Waals surface area (Å²) in [6, 6.07) is 9.43. The normalized spacial score (nSPS) is 13.9. The van der Waals surface area contributed by atoms with E-state index in [1.54, 1.807) is 27.3 Å². The molecular formula is C24H33N5O3. The van der Waals surface area contributed by atoms with Crippen molar-refractivity contribution in [2.24, 2.45) is 0 Å². The summed E-state index contributed by atoms with van der Waals surface area (Å²) in [4.78, 5) is 13.8. The van der Waals surface area contributed by atoms with E-state index in [1.807, 2.05) is 37.3 Å². The van der Waals surface area contributed by atoms with Crippen LogP contribution in [0.2, 0.25) is 0 Å². The number of aromatic nitrogens is 3. The molecule has 2 atom stereocenters. The number of anilines is 2. The Bertz CT molecular complexity index is 1040. The molecule has 8 nitrogen and oxygen atoms in total. The van der Waals surface area contributed by atoms with Crippen LogP contribution in [0.3, 0.4) is 0 Å². The third kappa shape index (κ3) is 5.37. The van der Waals surface area contributed by atoms with Crippen LogP contribution in [0, 0.1) is 0 Å². The van der Waals surface area contributed by atoms with Gasteiger partial charge in [0.25, 0.3) is 0 Å². The maximum Gasteiger partial charge on any atom is 0.225 e. The van der Waals surface area contributed by atoms with E-state index in [2.05, 4.69) is 27.5 Å². The molecule has 0 aliphatic heterocycles. The van der Waals surface area contributed by atoms with E-state index >= 15 is 0 Å². The highest BCUT2D eigenvalue weighted by Gasteiger charge is 2.30. The van der Waals surface area contributed by atoms with Gasteiger partial charge < -0.3 is 25.2 Å². The lowest BCUT2D eigenvalue weighted by Gasteiger charge is -2.34. The molecule has 3 aromatic rings. The molecule has 2 aromatic heterocycles. The van der Waals surface area contributed by atoms with Crippen LogP contribution in [0.25, 0.3) is 11.0 Å². The number of aliphatic hydroxyl groups is 1. The van der Waals surface area contributed by atoms with Gasteiger partial charge >= 0.3 is 0 Å². The molecule has 32 heavy (non-hydrogen) atoms. The van der Waals surface area contributed by atoms with Crippen molar-refractivity contribution in [2.75, 3.05) is 24.9 Å². The highest BCUT2D eigenvalue weighted by molar-refractivity contribution is 5.86. The van der Waals surface area contributed by atoms with Gasteiger partial charge in [-0.3, -0.25) is 4.98 Å². The van der Waals surface area contributed by atoms with Gasteiger partial charge in [-0.25, -0.2) is 4.98 Å². The van der Waals surface area contributed by atoms with Crippen LogP contribution in [0.5, 0.6) is 11.5 Å². The summed E-state index contributed by atoms with van der Waals surface area (Å²) in [5, 5.41) is 17.2. The number of fused-ring (bicyclic) bond motifs is 1. The molecule has 3 rings (SSSR count). The van der Waals surface area contributed by atoms with Gasteiger partial charge in [0.15, 0.2) is 5.82 Å². The molecule has 0 radical (unpaired) electrons. The van der Waals surface area contributed by atoms with Gasteiger partial charge in [0.1, 0.15) is 17.0 Å². The van der Waals surface area contributed by atoms with E-state index in [0.717, 1.165) is 41.8 Å². The first kappa shape index (κ1) is 23.5. The zero-order valence-electron chi connectivity index (χ0n) is 19.5. The van der Waals surface area contributed by atoms with Crippen LogP contribution < -0.4 is 20.1 Å². The molecule has 0 saturated heterocycles. The van der Waals surface area contributed by atoms with Gasteiger partial charge in [-0.15, -0.1) is 0 Å². The van der Waals surface area contributed by atoms with Crippen molar-refractivity contribution in [1.82, 2.24) is 15.0 Å². The van der Waals surface area contributed by atoms with Crippen LogP contribution in [0.4, 0.5) is 11.8 Å². The van der Waals surface area contributed by atoms with Crippen LogP contribution in [-0.2, 0) is 6.54 Å². The lowest BCUT2D eigenvalue weighted by Crippen LogP contribution is -2.45. The Morgan fingerprint density at radius 3 is 2.66 bits per heavy atom. The van der Waals surface area contributed by atoms with E-state index in [4.69, 9.17) is 14.5 Å². The summed E-state index contributed by atoms with van der Waals surface area (Å²) >= 11 is 0. The number of aliphatic hydroxyl groups excluding tert-OH is 1. The first-order valence-corrected chi connectivity index (χ1v) is 10.9. The Kier molecular flexibility index (Phi) is 7.69. The maximum atomic E-state index is 10.5. The van der Waals surface area contributed by atoms with Gasteiger partial charge in [0, 0.05) is 24.4 Å². The van der Waals surface area contributed by atoms with E-state index in [0.29, 0.717) is 23.8 Å². The van der Waals surface area contributed by atoms with Crippen molar-refractivity contribution in [3.63, 3.8) is 0 Å². The Labute approximate surface area is 189 Å². The molecule has 0 unspecified atom stereocenters. The minimum absolute atomic E-state index is 0.467. The SMILES string of the molecule is CCCC[C@](C)(Nc1nc(NCc2ccc(OC)cc2OC)nc2cccnc12)[C@@H](C)O. The molecule has 0 spiro atoms. The fraction of sp³-hybridized carbons (Fsp3) is 0.458. The van der Waals surface area contributed by atoms with Crippen molar-refractivity contribution < 1.29 is 14.6 Å². The average molecular weight is 440 g/mol. The molecule has 2 heterocycles. The lowest BCUT2D eigenvalue weighted by molar-refractivity contribution is 0.116. The molecule has 0 saturated carbocycles. The minimum Gasteiger partial charge on any atom is -0.497 e. The van der Waals surface area contributed by atoms with Crippen molar-refractivity contribution in [1.29, 1.82) is 0 Å². The second-order valence-electron chi connectivity index (χ2n) is 8.12. The predicted octanol–water partition coefficient (Wildman–Crippen LogP) is 4.40. The standard InChI is InChI=1S/C24H33N5O3/c1-6-7-12-24(3,16(2)30)29-22-21-19(9-8-13-25-21)27-23(28-22)26-15-17-10-11-18(31-4)14-20(17)32-5/h8-11,13-14,16,30H,6-7,12,15H2,1-5H3,(H2,26,27,28,29)/t16-,24+/m1/s1. The molecule has 1 aromatic carbocycles. The number of ether oxygens (including phenoxy) is 2. The zero-order valence-corrected chi connectivity index (χ0v) is 19.5. The molecular weight excluding hydrogens is 406 g/mol. The van der Waals surface area contributed by atoms with Crippen molar-refractivity contribution in [3.8, 4) is 11.5 Å². The van der Waals surface area contributed by atoms with Gasteiger partial charge in [0.05, 0.1) is 31.4 Å². The summed E-state index contributed by atoms with van der Waals surface area (Å²) in [6.07, 6.45) is 4.00. The summed E-state index contributed by atoms with van der Waals surface area (Å²) in [5.41, 5.74) is 1.81. The fourth-order valence-electron chi connectivity index (χ4n) is 3.50. The van der Waals surface area contributed by atoms with Crippen LogP contribution in [0.1, 0.15) is 45.6 Å². The van der Waals surface area contributed by atoms with Crippen LogP contribution >= 0.6 is 0 Å². The highest BCUT2D eigenvalue weighted by Crippen LogP contribution is 2.29. The Morgan fingerprint density at radius 1 is 1.16 bits per heavy atom. The fourth-order valence-corrected chi connectivity index (χ4v) is 3.50. The van der Waals surface area contributed by atoms with Gasteiger partial charge in [-0.2, -0.15) is 4.98 Å². The van der Waals surface area contributed by atoms with E-state index < -0.39 is 11.6 Å². The molecule has 3 N–H and O–H groups in total. The number of pyridine rings is 1. The van der Waals surface area contributed by atoms with Crippen molar-refractivity contribution in [2.45, 2.75) is 58.2 Å². The zero-order chi connectivity index (χ0) is 23.1. The van der Waals surface area contributed by atoms with Crippen LogP contribution in [0.15, 0.2) is 36.5 Å². The second kappa shape index (κ2) is 10.5. The predicted molar refractivity (Wildman–Crippen MR) is 127 cm³/mol. The Hall–Kier alpha value is -3.13. The van der Waals surface area contributed by atoms with E-state index in [9.17, 15) is 5.11 Å². The Balaban J connectivity index is 1.91. The maximum absolute atomic E-state index is 10.5. The molecule has 0 aliphatic carbocycles. The second-order valence-corrected chi connectivity index (χ2v) is 8.12. The highest BCUT2D eigenvalue weighted by atomic mass is 16.5. The third-order valence-corrected chi connectivity index (χ3v) is 5.76. The first-order chi connectivity index (χ1) is 15.4. The monoisotopic (exact) mass is 439 g/mol. The molecule has 0 bridgehead atoms. The third-order valence-electron chi connectivity index (χ3n) is 5.76. The minimum atomic E-state index is -0.567. The smallest absolute Gasteiger partial charge is 0.225 e. The quantitative estimate of drug-likeness (QED) is 0.404. The van der Waals surface area contributed by atoms with Crippen molar-refractivity contribution >= 4 is 22.8 Å². The number of benzene rings is 1. The number of nitrogens with one attached hydrogen (secondary N) is 2. The number of unbranched alkanes of at least 4 members (excludes halogenated alkanes) is 1. The number of hydrogen-bond donors (Lipinski definition) is 3. The number of hydrogen-bond acceptors (Lipinski definition) is 8. The molecule has 0 fully saturated rings. The number of methoxy groups -OCH3 is 2. The van der Waals surface area contributed by atoms with Gasteiger partial charge in [0.2, 0.25) is 5.95 Å². The first-order valence-electron chi connectivity index (χ1n) is 10.9. The summed E-state index contributed by atoms with van der Waals surface area (Å²) in [7, 11) is 3.26. The Morgan fingerprint density at radius 2 is 1.97 bits per heavy atom. The van der Waals surface area contributed by atoms with E-state index in [-0.39, 0.29) is 0 Å². The number of rotatable bonds is 11. The topological polar surface area (TPSA) is 101 Å². The molecule has 172 valence electrons. The summed E-state index contributed by atoms with van der Waals surface area (Å²) in [5.74, 6) is 2.52. The van der Waals surface area contributed by atoms with Gasteiger partial charge in [-0.05, 0) is 44.5 Å². The van der Waals surface area contributed by atoms with Crippen molar-refractivity contribution in [3.05, 3.63) is 42.1 Å². The molecule has 8 heteroatoms. The largest absolute Gasteiger partial charge is 0.497 e. The molecule has 0 amide bonds. The number of nitrogens with zero attached hydrogens (tertiary/aromatic N) is 3. The summed E-state index contributed by atoms with van der Waals surface area (Å²) in [6.45, 7) is 6.43.